The molecular weight excluding hydrogens is 290 g/mol. The van der Waals surface area contributed by atoms with Crippen LogP contribution in [0.15, 0.2) is 48.6 Å². The first-order chi connectivity index (χ1) is 6.67. The van der Waals surface area contributed by atoms with Crippen molar-refractivity contribution in [2.75, 3.05) is 0 Å². The van der Waals surface area contributed by atoms with Gasteiger partial charge in [-0.05, 0) is 39.8 Å². The minimum absolute atomic E-state index is 0.453. The Hall–Kier alpha value is -0.640. The SMILES string of the molecule is FC1(I)C=CC(c2ccccc2)=CC1. The van der Waals surface area contributed by atoms with E-state index in [1.54, 1.807) is 6.08 Å². The lowest BCUT2D eigenvalue weighted by molar-refractivity contribution is 0.381. The molecule has 1 aromatic rings. The van der Waals surface area contributed by atoms with E-state index in [1.807, 2.05) is 65.1 Å². The van der Waals surface area contributed by atoms with Crippen LogP contribution in [0.3, 0.4) is 0 Å². The smallest absolute Gasteiger partial charge is 0.183 e. The van der Waals surface area contributed by atoms with Crippen LogP contribution in [-0.4, -0.2) is 3.68 Å². The summed E-state index contributed by atoms with van der Waals surface area (Å²) in [6, 6.07) is 10.0. The minimum Gasteiger partial charge on any atom is -0.227 e. The molecule has 14 heavy (non-hydrogen) atoms. The molecule has 0 fully saturated rings. The van der Waals surface area contributed by atoms with Crippen LogP contribution in [0.25, 0.3) is 5.57 Å². The lowest BCUT2D eigenvalue weighted by Gasteiger charge is -2.17. The van der Waals surface area contributed by atoms with Crippen molar-refractivity contribution in [3.8, 4) is 0 Å². The predicted octanol–water partition coefficient (Wildman–Crippen LogP) is 4.13. The molecule has 0 aliphatic heterocycles. The zero-order valence-electron chi connectivity index (χ0n) is 7.58. The summed E-state index contributed by atoms with van der Waals surface area (Å²) in [6.07, 6.45) is 5.87. The van der Waals surface area contributed by atoms with Gasteiger partial charge in [-0.1, -0.05) is 42.5 Å². The number of allylic oxidation sites excluding steroid dienone is 4. The fraction of sp³-hybridized carbons (Fsp3) is 0.167. The third-order valence-electron chi connectivity index (χ3n) is 2.21. The van der Waals surface area contributed by atoms with Crippen molar-refractivity contribution in [2.24, 2.45) is 0 Å². The summed E-state index contributed by atoms with van der Waals surface area (Å²) >= 11 is 1.82. The van der Waals surface area contributed by atoms with Crippen LogP contribution in [0.5, 0.6) is 0 Å². The fourth-order valence-corrected chi connectivity index (χ4v) is 1.84. The summed E-state index contributed by atoms with van der Waals surface area (Å²) in [7, 11) is 0. The molecular formula is C12H10FI. The second-order valence-corrected chi connectivity index (χ2v) is 5.12. The molecule has 1 atom stereocenters. The maximum atomic E-state index is 13.4. The van der Waals surface area contributed by atoms with Gasteiger partial charge in [0.15, 0.2) is 3.68 Å². The van der Waals surface area contributed by atoms with Crippen molar-refractivity contribution in [2.45, 2.75) is 10.1 Å². The second kappa shape index (κ2) is 3.85. The van der Waals surface area contributed by atoms with E-state index in [2.05, 4.69) is 0 Å². The van der Waals surface area contributed by atoms with Crippen LogP contribution in [0, 0.1) is 0 Å². The first kappa shape index (κ1) is 9.90. The van der Waals surface area contributed by atoms with Crippen LogP contribution in [0.1, 0.15) is 12.0 Å². The van der Waals surface area contributed by atoms with E-state index in [0.717, 1.165) is 11.1 Å². The molecule has 0 N–H and O–H groups in total. The van der Waals surface area contributed by atoms with Crippen molar-refractivity contribution in [3.63, 3.8) is 0 Å². The van der Waals surface area contributed by atoms with Crippen molar-refractivity contribution in [3.05, 3.63) is 54.1 Å². The molecule has 0 spiro atoms. The van der Waals surface area contributed by atoms with E-state index in [-0.39, 0.29) is 0 Å². The Labute approximate surface area is 96.7 Å². The Morgan fingerprint density at radius 3 is 2.50 bits per heavy atom. The van der Waals surface area contributed by atoms with E-state index < -0.39 is 3.68 Å². The van der Waals surface area contributed by atoms with Gasteiger partial charge in [0.05, 0.1) is 0 Å². The maximum Gasteiger partial charge on any atom is 0.183 e. The monoisotopic (exact) mass is 300 g/mol. The summed E-state index contributed by atoms with van der Waals surface area (Å²) in [5, 5.41) is 0. The van der Waals surface area contributed by atoms with E-state index in [4.69, 9.17) is 0 Å². The molecule has 72 valence electrons. The number of benzene rings is 1. The van der Waals surface area contributed by atoms with Gasteiger partial charge in [0.25, 0.3) is 0 Å². The van der Waals surface area contributed by atoms with E-state index in [1.165, 1.54) is 0 Å². The summed E-state index contributed by atoms with van der Waals surface area (Å²) in [5.74, 6) is 0. The predicted molar refractivity (Wildman–Crippen MR) is 66.0 cm³/mol. The molecule has 0 radical (unpaired) electrons. The molecule has 0 aromatic heterocycles. The summed E-state index contributed by atoms with van der Waals surface area (Å²) in [4.78, 5) is 0. The van der Waals surface area contributed by atoms with Gasteiger partial charge in [-0.15, -0.1) is 0 Å². The minimum atomic E-state index is -1.20. The van der Waals surface area contributed by atoms with E-state index >= 15 is 0 Å². The molecule has 0 nitrogen and oxygen atoms in total. The molecule has 0 bridgehead atoms. The van der Waals surface area contributed by atoms with Crippen LogP contribution < -0.4 is 0 Å². The van der Waals surface area contributed by atoms with Crippen molar-refractivity contribution in [1.82, 2.24) is 0 Å². The van der Waals surface area contributed by atoms with Crippen molar-refractivity contribution < 1.29 is 4.39 Å². The van der Waals surface area contributed by atoms with Crippen LogP contribution in [0.2, 0.25) is 0 Å². The first-order valence-corrected chi connectivity index (χ1v) is 5.58. The van der Waals surface area contributed by atoms with Crippen LogP contribution in [-0.2, 0) is 0 Å². The van der Waals surface area contributed by atoms with Gasteiger partial charge in [0.2, 0.25) is 0 Å². The Morgan fingerprint density at radius 2 is 1.93 bits per heavy atom. The highest BCUT2D eigenvalue weighted by Gasteiger charge is 2.23. The van der Waals surface area contributed by atoms with E-state index in [0.29, 0.717) is 6.42 Å². The summed E-state index contributed by atoms with van der Waals surface area (Å²) in [5.41, 5.74) is 2.26. The Bertz CT molecular complexity index is 377. The Morgan fingerprint density at radius 1 is 1.21 bits per heavy atom. The molecule has 1 aliphatic carbocycles. The molecule has 1 unspecified atom stereocenters. The van der Waals surface area contributed by atoms with Gasteiger partial charge in [-0.2, -0.15) is 0 Å². The third kappa shape index (κ3) is 2.23. The summed E-state index contributed by atoms with van der Waals surface area (Å²) in [6.45, 7) is 0. The van der Waals surface area contributed by atoms with Gasteiger partial charge in [0.1, 0.15) is 0 Å². The number of rotatable bonds is 1. The number of alkyl halides is 2. The topological polar surface area (TPSA) is 0 Å². The Balaban J connectivity index is 2.25. The van der Waals surface area contributed by atoms with Crippen LogP contribution >= 0.6 is 22.6 Å². The summed E-state index contributed by atoms with van der Waals surface area (Å²) < 4.78 is 12.2. The zero-order chi connectivity index (χ0) is 10.0. The number of hydrogen-bond acceptors (Lipinski definition) is 0. The largest absolute Gasteiger partial charge is 0.227 e. The Kier molecular flexibility index (Phi) is 2.72. The molecule has 0 saturated heterocycles. The normalized spacial score (nSPS) is 26.0. The maximum absolute atomic E-state index is 13.4. The lowest BCUT2D eigenvalue weighted by Crippen LogP contribution is -2.10. The molecule has 1 aliphatic rings. The molecule has 0 amide bonds. The number of hydrogen-bond donors (Lipinski definition) is 0. The lowest BCUT2D eigenvalue weighted by atomic mass is 9.99. The van der Waals surface area contributed by atoms with Gasteiger partial charge in [-0.3, -0.25) is 0 Å². The van der Waals surface area contributed by atoms with Gasteiger partial charge in [0, 0.05) is 6.42 Å². The van der Waals surface area contributed by atoms with E-state index in [9.17, 15) is 4.39 Å². The van der Waals surface area contributed by atoms with Gasteiger partial charge in [-0.25, -0.2) is 4.39 Å². The van der Waals surface area contributed by atoms with Crippen LogP contribution in [0.4, 0.5) is 4.39 Å². The van der Waals surface area contributed by atoms with Crippen molar-refractivity contribution in [1.29, 1.82) is 0 Å². The quantitative estimate of drug-likeness (QED) is 0.540. The average molecular weight is 300 g/mol. The van der Waals surface area contributed by atoms with Gasteiger partial charge >= 0.3 is 0 Å². The highest BCUT2D eigenvalue weighted by molar-refractivity contribution is 14.1. The highest BCUT2D eigenvalue weighted by Crippen LogP contribution is 2.34. The molecule has 1 aromatic carbocycles. The highest BCUT2D eigenvalue weighted by atomic mass is 127. The second-order valence-electron chi connectivity index (χ2n) is 3.32. The van der Waals surface area contributed by atoms with Crippen molar-refractivity contribution >= 4 is 28.2 Å². The average Bonchev–Trinajstić information content (AvgIpc) is 2.19. The third-order valence-corrected chi connectivity index (χ3v) is 3.01. The first-order valence-electron chi connectivity index (χ1n) is 4.50. The van der Waals surface area contributed by atoms with Gasteiger partial charge < -0.3 is 0 Å². The number of halogens is 2. The molecule has 0 saturated carbocycles. The fourth-order valence-electron chi connectivity index (χ4n) is 1.44. The standard InChI is InChI=1S/C12H10FI/c13-12(14)8-6-11(7-9-12)10-4-2-1-3-5-10/h1-8H,9H2. The molecule has 2 rings (SSSR count). The molecule has 0 heterocycles. The zero-order valence-corrected chi connectivity index (χ0v) is 9.74. The molecule has 2 heteroatoms.